The number of nitrogens with one attached hydrogen (secondary N) is 2. The molecule has 5 nitrogen and oxygen atoms in total. The van der Waals surface area contributed by atoms with Gasteiger partial charge in [-0.2, -0.15) is 0 Å². The third kappa shape index (κ3) is 5.29. The van der Waals surface area contributed by atoms with Gasteiger partial charge < -0.3 is 15.4 Å². The van der Waals surface area contributed by atoms with Crippen LogP contribution in [0, 0.1) is 11.3 Å². The number of anilines is 2. The molecule has 1 aliphatic carbocycles. The maximum atomic E-state index is 13.5. The molecule has 1 atom stereocenters. The minimum absolute atomic E-state index is 0.180. The summed E-state index contributed by atoms with van der Waals surface area (Å²) in [6.07, 6.45) is 2.74. The van der Waals surface area contributed by atoms with E-state index in [0.29, 0.717) is 32.8 Å². The van der Waals surface area contributed by atoms with Crippen molar-refractivity contribution in [3.8, 4) is 5.75 Å². The predicted molar refractivity (Wildman–Crippen MR) is 140 cm³/mol. The normalized spacial score (nSPS) is 15.4. The summed E-state index contributed by atoms with van der Waals surface area (Å²) < 4.78 is 5.20. The van der Waals surface area contributed by atoms with Crippen LogP contribution in [-0.2, 0) is 12.8 Å². The lowest BCUT2D eigenvalue weighted by Crippen LogP contribution is -2.27. The van der Waals surface area contributed by atoms with Crippen molar-refractivity contribution in [2.45, 2.75) is 40.0 Å². The molecule has 1 heterocycles. The molecule has 0 bridgehead atoms. The summed E-state index contributed by atoms with van der Waals surface area (Å²) in [6.45, 7) is 6.78. The Morgan fingerprint density at radius 3 is 2.29 bits per heavy atom. The second-order valence-corrected chi connectivity index (χ2v) is 11.2. The number of carbonyl (C=O) groups excluding carboxylic acids is 2. The molecule has 1 unspecified atom stereocenters. The standard InChI is InChI=1S/C27H29ClN2O3S/c1-27(2,3)17-7-14-21-22(15-17)34-26(30-24(31)16-5-8-18(28)9-6-16)23(21)25(32)29-19-10-12-20(33-4)13-11-19/h5-6,8-13,17H,7,14-15H2,1-4H3,(H,29,32)(H,30,31). The number of halogens is 1. The van der Waals surface area contributed by atoms with Gasteiger partial charge in [0, 0.05) is 21.2 Å². The number of methoxy groups -OCH3 is 1. The molecule has 1 aromatic heterocycles. The molecule has 0 aliphatic heterocycles. The third-order valence-corrected chi connectivity index (χ3v) is 7.82. The Labute approximate surface area is 209 Å². The van der Waals surface area contributed by atoms with E-state index in [1.54, 1.807) is 55.6 Å². The lowest BCUT2D eigenvalue weighted by Gasteiger charge is -2.33. The zero-order chi connectivity index (χ0) is 24.5. The maximum absolute atomic E-state index is 13.5. The number of rotatable bonds is 5. The van der Waals surface area contributed by atoms with E-state index in [9.17, 15) is 9.59 Å². The summed E-state index contributed by atoms with van der Waals surface area (Å²) in [4.78, 5) is 27.6. The molecule has 0 fully saturated rings. The van der Waals surface area contributed by atoms with Gasteiger partial charge in [-0.05, 0) is 84.7 Å². The molecular weight excluding hydrogens is 468 g/mol. The first-order valence-corrected chi connectivity index (χ1v) is 12.5. The first kappa shape index (κ1) is 24.3. The van der Waals surface area contributed by atoms with Crippen molar-refractivity contribution in [2.75, 3.05) is 17.7 Å². The topological polar surface area (TPSA) is 67.4 Å². The highest BCUT2D eigenvalue weighted by molar-refractivity contribution is 7.17. The maximum Gasteiger partial charge on any atom is 0.258 e. The molecule has 3 aromatic rings. The van der Waals surface area contributed by atoms with Crippen molar-refractivity contribution in [3.05, 3.63) is 75.1 Å². The van der Waals surface area contributed by atoms with E-state index in [4.69, 9.17) is 16.3 Å². The molecule has 7 heteroatoms. The highest BCUT2D eigenvalue weighted by Crippen LogP contribution is 2.44. The number of carbonyl (C=O) groups is 2. The molecule has 0 saturated heterocycles. The predicted octanol–water partition coefficient (Wildman–Crippen LogP) is 7.07. The highest BCUT2D eigenvalue weighted by Gasteiger charge is 2.34. The summed E-state index contributed by atoms with van der Waals surface area (Å²) in [7, 11) is 1.60. The molecular formula is C27H29ClN2O3S. The van der Waals surface area contributed by atoms with Crippen molar-refractivity contribution in [1.82, 2.24) is 0 Å². The fourth-order valence-electron chi connectivity index (χ4n) is 4.30. The molecule has 0 saturated carbocycles. The fourth-order valence-corrected chi connectivity index (χ4v) is 5.74. The average molecular weight is 497 g/mol. The van der Waals surface area contributed by atoms with Gasteiger partial charge in [0.15, 0.2) is 0 Å². The molecule has 0 radical (unpaired) electrons. The Morgan fingerprint density at radius 1 is 1.00 bits per heavy atom. The van der Waals surface area contributed by atoms with Crippen LogP contribution in [0.5, 0.6) is 5.75 Å². The molecule has 0 spiro atoms. The van der Waals surface area contributed by atoms with Crippen LogP contribution in [0.4, 0.5) is 10.7 Å². The number of thiophene rings is 1. The smallest absolute Gasteiger partial charge is 0.258 e. The van der Waals surface area contributed by atoms with Gasteiger partial charge in [0.1, 0.15) is 10.8 Å². The zero-order valence-corrected chi connectivity index (χ0v) is 21.4. The lowest BCUT2D eigenvalue weighted by atomic mass is 9.72. The van der Waals surface area contributed by atoms with Gasteiger partial charge in [-0.25, -0.2) is 0 Å². The van der Waals surface area contributed by atoms with E-state index in [0.717, 1.165) is 30.6 Å². The van der Waals surface area contributed by atoms with E-state index < -0.39 is 0 Å². The molecule has 4 rings (SSSR count). The number of ether oxygens (including phenoxy) is 1. The first-order chi connectivity index (χ1) is 16.2. The van der Waals surface area contributed by atoms with Crippen molar-refractivity contribution in [3.63, 3.8) is 0 Å². The summed E-state index contributed by atoms with van der Waals surface area (Å²) in [5.74, 6) is 0.760. The Morgan fingerprint density at radius 2 is 1.68 bits per heavy atom. The van der Waals surface area contributed by atoms with Crippen LogP contribution >= 0.6 is 22.9 Å². The Kier molecular flexibility index (Phi) is 7.01. The van der Waals surface area contributed by atoms with Gasteiger partial charge in [0.25, 0.3) is 11.8 Å². The van der Waals surface area contributed by atoms with Crippen LogP contribution in [0.1, 0.15) is 58.3 Å². The van der Waals surface area contributed by atoms with Crippen molar-refractivity contribution >= 4 is 45.4 Å². The van der Waals surface area contributed by atoms with E-state index >= 15 is 0 Å². The van der Waals surface area contributed by atoms with Gasteiger partial charge in [0.05, 0.1) is 12.7 Å². The SMILES string of the molecule is COc1ccc(NC(=O)c2c(NC(=O)c3ccc(Cl)cc3)sc3c2CCC(C(C)(C)C)C3)cc1. The second-order valence-electron chi connectivity index (χ2n) is 9.66. The lowest BCUT2D eigenvalue weighted by molar-refractivity contribution is 0.102. The van der Waals surface area contributed by atoms with E-state index in [1.807, 2.05) is 0 Å². The van der Waals surface area contributed by atoms with Crippen molar-refractivity contribution in [1.29, 1.82) is 0 Å². The summed E-state index contributed by atoms with van der Waals surface area (Å²) in [5.41, 5.74) is 2.95. The van der Waals surface area contributed by atoms with Crippen LogP contribution in [0.2, 0.25) is 5.02 Å². The summed E-state index contributed by atoms with van der Waals surface area (Å²) in [6, 6.07) is 13.9. The average Bonchev–Trinajstić information content (AvgIpc) is 3.16. The highest BCUT2D eigenvalue weighted by atomic mass is 35.5. The summed E-state index contributed by atoms with van der Waals surface area (Å²) in [5, 5.41) is 7.14. The number of hydrogen-bond donors (Lipinski definition) is 2. The largest absolute Gasteiger partial charge is 0.497 e. The third-order valence-electron chi connectivity index (χ3n) is 6.40. The van der Waals surface area contributed by atoms with E-state index in [-0.39, 0.29) is 17.2 Å². The Balaban J connectivity index is 1.66. The van der Waals surface area contributed by atoms with Crippen molar-refractivity contribution in [2.24, 2.45) is 11.3 Å². The zero-order valence-electron chi connectivity index (χ0n) is 19.8. The molecule has 2 N–H and O–H groups in total. The quantitative estimate of drug-likeness (QED) is 0.397. The van der Waals surface area contributed by atoms with Crippen LogP contribution in [-0.4, -0.2) is 18.9 Å². The van der Waals surface area contributed by atoms with Gasteiger partial charge in [-0.3, -0.25) is 9.59 Å². The second kappa shape index (κ2) is 9.80. The number of hydrogen-bond acceptors (Lipinski definition) is 4. The number of benzene rings is 2. The van der Waals surface area contributed by atoms with Crippen molar-refractivity contribution < 1.29 is 14.3 Å². The molecule has 2 aromatic carbocycles. The molecule has 178 valence electrons. The Bertz CT molecular complexity index is 1190. The van der Waals surface area contributed by atoms with E-state index in [2.05, 4.69) is 31.4 Å². The van der Waals surface area contributed by atoms with Gasteiger partial charge in [-0.1, -0.05) is 32.4 Å². The van der Waals surface area contributed by atoms with E-state index in [1.165, 1.54) is 16.2 Å². The Hall–Kier alpha value is -2.83. The van der Waals surface area contributed by atoms with Crippen LogP contribution in [0.15, 0.2) is 48.5 Å². The molecule has 1 aliphatic rings. The van der Waals surface area contributed by atoms with Crippen LogP contribution < -0.4 is 15.4 Å². The van der Waals surface area contributed by atoms with Crippen LogP contribution in [0.25, 0.3) is 0 Å². The number of amides is 2. The first-order valence-electron chi connectivity index (χ1n) is 11.3. The monoisotopic (exact) mass is 496 g/mol. The van der Waals surface area contributed by atoms with Gasteiger partial charge in [-0.15, -0.1) is 11.3 Å². The molecule has 34 heavy (non-hydrogen) atoms. The summed E-state index contributed by atoms with van der Waals surface area (Å²) >= 11 is 7.48. The minimum atomic E-state index is -0.263. The molecule has 2 amide bonds. The fraction of sp³-hybridized carbons (Fsp3) is 0.333. The van der Waals surface area contributed by atoms with Crippen LogP contribution in [0.3, 0.4) is 0 Å². The minimum Gasteiger partial charge on any atom is -0.497 e. The number of fused-ring (bicyclic) bond motifs is 1. The van der Waals surface area contributed by atoms with Gasteiger partial charge in [0.2, 0.25) is 0 Å². The van der Waals surface area contributed by atoms with Gasteiger partial charge >= 0.3 is 0 Å².